The van der Waals surface area contributed by atoms with Gasteiger partial charge in [-0.15, -0.1) is 13.2 Å². The highest BCUT2D eigenvalue weighted by Gasteiger charge is 2.31. The summed E-state index contributed by atoms with van der Waals surface area (Å²) in [6, 6.07) is 3.94. The summed E-state index contributed by atoms with van der Waals surface area (Å²) in [4.78, 5) is 0. The maximum atomic E-state index is 11.9. The molecule has 0 spiro atoms. The van der Waals surface area contributed by atoms with Crippen molar-refractivity contribution in [2.75, 3.05) is 0 Å². The summed E-state index contributed by atoms with van der Waals surface area (Å²) in [5.41, 5.74) is 0.356. The predicted octanol–water partition coefficient (Wildman–Crippen LogP) is 4.13. The van der Waals surface area contributed by atoms with Crippen molar-refractivity contribution in [1.82, 2.24) is 0 Å². The fraction of sp³-hybridized carbons (Fsp3) is 0.250. The average Bonchev–Trinajstić information content (AvgIpc) is 2.06. The second-order valence-electron chi connectivity index (χ2n) is 2.43. The van der Waals surface area contributed by atoms with Gasteiger partial charge in [0.25, 0.3) is 0 Å². The lowest BCUT2D eigenvalue weighted by atomic mass is 10.2. The molecule has 0 aliphatic heterocycles. The molecule has 1 nitrogen and oxygen atoms in total. The molecule has 0 aliphatic carbocycles. The molecule has 0 N–H and O–H groups in total. The Hall–Kier alpha value is -0.420. The molecule has 0 fully saturated rings. The van der Waals surface area contributed by atoms with Crippen LogP contribution >= 0.6 is 27.5 Å². The Balaban J connectivity index is 2.97. The summed E-state index contributed by atoms with van der Waals surface area (Å²) in [6.45, 7) is 0. The van der Waals surface area contributed by atoms with E-state index in [9.17, 15) is 13.2 Å². The van der Waals surface area contributed by atoms with E-state index in [1.165, 1.54) is 18.2 Å². The van der Waals surface area contributed by atoms with Crippen LogP contribution in [0.15, 0.2) is 18.2 Å². The summed E-state index contributed by atoms with van der Waals surface area (Å²) in [6.07, 6.45) is -4.68. The van der Waals surface area contributed by atoms with Crippen molar-refractivity contribution < 1.29 is 17.9 Å². The van der Waals surface area contributed by atoms with E-state index in [1.807, 2.05) is 0 Å². The van der Waals surface area contributed by atoms with Gasteiger partial charge in [0.05, 0.1) is 0 Å². The molecule has 0 aliphatic rings. The third kappa shape index (κ3) is 3.38. The minimum atomic E-state index is -4.68. The summed E-state index contributed by atoms with van der Waals surface area (Å²) in [5, 5.41) is 0.618. The van der Waals surface area contributed by atoms with Crippen LogP contribution in [0, 0.1) is 0 Å². The lowest BCUT2D eigenvalue weighted by molar-refractivity contribution is -0.274. The largest absolute Gasteiger partial charge is 0.573 e. The van der Waals surface area contributed by atoms with Crippen molar-refractivity contribution in [2.45, 2.75) is 11.7 Å². The Morgan fingerprint density at radius 2 is 2.00 bits per heavy atom. The van der Waals surface area contributed by atoms with Crippen molar-refractivity contribution in [3.63, 3.8) is 0 Å². The van der Waals surface area contributed by atoms with Gasteiger partial charge in [0.2, 0.25) is 0 Å². The Morgan fingerprint density at radius 3 is 2.50 bits per heavy atom. The number of halogens is 5. The van der Waals surface area contributed by atoms with Gasteiger partial charge < -0.3 is 4.74 Å². The molecule has 0 aromatic heterocycles. The summed E-state index contributed by atoms with van der Waals surface area (Å²) >= 11 is 8.65. The maximum absolute atomic E-state index is 11.9. The summed E-state index contributed by atoms with van der Waals surface area (Å²) in [7, 11) is 0. The minimum absolute atomic E-state index is 0.237. The van der Waals surface area contributed by atoms with Crippen molar-refractivity contribution in [3.05, 3.63) is 28.8 Å². The third-order valence-electron chi connectivity index (χ3n) is 1.39. The Labute approximate surface area is 91.9 Å². The molecule has 6 heteroatoms. The predicted molar refractivity (Wildman–Crippen MR) is 50.8 cm³/mol. The van der Waals surface area contributed by atoms with Crippen LogP contribution in [0.4, 0.5) is 13.2 Å². The topological polar surface area (TPSA) is 9.23 Å². The van der Waals surface area contributed by atoms with E-state index in [-0.39, 0.29) is 11.1 Å². The molecule has 0 unspecified atom stereocenters. The first-order chi connectivity index (χ1) is 6.42. The van der Waals surface area contributed by atoms with Gasteiger partial charge in [0, 0.05) is 15.9 Å². The van der Waals surface area contributed by atoms with Crippen molar-refractivity contribution in [2.24, 2.45) is 0 Å². The number of benzene rings is 1. The summed E-state index contributed by atoms with van der Waals surface area (Å²) < 4.78 is 39.5. The first-order valence-corrected chi connectivity index (χ1v) is 5.02. The van der Waals surface area contributed by atoms with Crippen molar-refractivity contribution in [1.29, 1.82) is 0 Å². The van der Waals surface area contributed by atoms with Crippen LogP contribution < -0.4 is 4.74 Å². The van der Waals surface area contributed by atoms with Crippen LogP contribution in [-0.2, 0) is 5.33 Å². The number of ether oxygens (including phenoxy) is 1. The Bertz CT molecular complexity index is 327. The molecular weight excluding hydrogens is 284 g/mol. The third-order valence-corrected chi connectivity index (χ3v) is 2.23. The molecule has 1 rings (SSSR count). The van der Waals surface area contributed by atoms with E-state index in [4.69, 9.17) is 11.6 Å². The quantitative estimate of drug-likeness (QED) is 0.744. The maximum Gasteiger partial charge on any atom is 0.573 e. The molecular formula is C8H5BrClF3O. The molecule has 0 saturated heterocycles. The molecule has 0 atom stereocenters. The van der Waals surface area contributed by atoms with Crippen LogP contribution in [0.1, 0.15) is 5.56 Å². The van der Waals surface area contributed by atoms with Gasteiger partial charge in [0.1, 0.15) is 5.75 Å². The van der Waals surface area contributed by atoms with Gasteiger partial charge in [-0.25, -0.2) is 0 Å². The fourth-order valence-electron chi connectivity index (χ4n) is 0.877. The van der Waals surface area contributed by atoms with Gasteiger partial charge in [-0.2, -0.15) is 0 Å². The van der Waals surface area contributed by atoms with Gasteiger partial charge in [-0.1, -0.05) is 27.5 Å². The zero-order valence-corrected chi connectivity index (χ0v) is 9.08. The average molecular weight is 289 g/mol. The van der Waals surface area contributed by atoms with E-state index in [0.29, 0.717) is 10.6 Å². The monoisotopic (exact) mass is 288 g/mol. The second-order valence-corrected chi connectivity index (χ2v) is 3.43. The Morgan fingerprint density at radius 1 is 1.36 bits per heavy atom. The number of hydrogen-bond acceptors (Lipinski definition) is 1. The molecule has 0 amide bonds. The highest BCUT2D eigenvalue weighted by atomic mass is 79.9. The smallest absolute Gasteiger partial charge is 0.405 e. The molecule has 0 heterocycles. The standard InChI is InChI=1S/C8H5BrClF3O/c9-4-5-3-6(10)1-2-7(5)14-8(11,12)13/h1-3H,4H2. The van der Waals surface area contributed by atoms with Crippen LogP contribution in [0.5, 0.6) is 5.75 Å². The molecule has 1 aromatic carbocycles. The normalized spacial score (nSPS) is 11.5. The number of rotatable bonds is 2. The molecule has 0 saturated carbocycles. The van der Waals surface area contributed by atoms with E-state index in [2.05, 4.69) is 20.7 Å². The Kier molecular flexibility index (Phi) is 3.66. The zero-order chi connectivity index (χ0) is 10.8. The van der Waals surface area contributed by atoms with E-state index in [0.717, 1.165) is 0 Å². The molecule has 0 bridgehead atoms. The molecule has 78 valence electrons. The van der Waals surface area contributed by atoms with Gasteiger partial charge in [-0.3, -0.25) is 0 Å². The first kappa shape index (κ1) is 11.7. The molecule has 14 heavy (non-hydrogen) atoms. The van der Waals surface area contributed by atoms with Gasteiger partial charge >= 0.3 is 6.36 Å². The van der Waals surface area contributed by atoms with Crippen LogP contribution in [-0.4, -0.2) is 6.36 Å². The molecule has 1 aromatic rings. The van der Waals surface area contributed by atoms with Crippen molar-refractivity contribution >= 4 is 27.5 Å². The lowest BCUT2D eigenvalue weighted by Crippen LogP contribution is -2.17. The van der Waals surface area contributed by atoms with Crippen molar-refractivity contribution in [3.8, 4) is 5.75 Å². The molecule has 0 radical (unpaired) electrons. The van der Waals surface area contributed by atoms with Gasteiger partial charge in [-0.05, 0) is 18.2 Å². The fourth-order valence-corrected chi connectivity index (χ4v) is 1.51. The van der Waals surface area contributed by atoms with Crippen LogP contribution in [0.2, 0.25) is 5.02 Å². The number of hydrogen-bond donors (Lipinski definition) is 0. The van der Waals surface area contributed by atoms with E-state index < -0.39 is 6.36 Å². The zero-order valence-electron chi connectivity index (χ0n) is 6.74. The van der Waals surface area contributed by atoms with Gasteiger partial charge in [0.15, 0.2) is 0 Å². The number of alkyl halides is 4. The summed E-state index contributed by atoms with van der Waals surface area (Å²) in [5.74, 6) is -0.237. The second kappa shape index (κ2) is 4.40. The van der Waals surface area contributed by atoms with E-state index in [1.54, 1.807) is 0 Å². The minimum Gasteiger partial charge on any atom is -0.405 e. The first-order valence-electron chi connectivity index (χ1n) is 3.52. The van der Waals surface area contributed by atoms with Crippen LogP contribution in [0.3, 0.4) is 0 Å². The SMILES string of the molecule is FC(F)(F)Oc1ccc(Cl)cc1CBr. The highest BCUT2D eigenvalue weighted by Crippen LogP contribution is 2.29. The highest BCUT2D eigenvalue weighted by molar-refractivity contribution is 9.08. The van der Waals surface area contributed by atoms with E-state index >= 15 is 0 Å². The van der Waals surface area contributed by atoms with Crippen LogP contribution in [0.25, 0.3) is 0 Å². The lowest BCUT2D eigenvalue weighted by Gasteiger charge is -2.11.